The molecule has 11 heteroatoms. The first kappa shape index (κ1) is 19.3. The SMILES string of the molecule is Cn1cc(S(=O)(=O)Nc2nc3ccccc3nc2Nc2ccc(Br)cc2F)cn1. The topological polar surface area (TPSA) is 102 Å². The number of nitrogens with zero attached hydrogens (tertiary/aromatic N) is 4. The molecule has 0 aliphatic rings. The van der Waals surface area contributed by atoms with Gasteiger partial charge in [0.25, 0.3) is 10.0 Å². The maximum absolute atomic E-state index is 14.3. The molecular formula is C18H14BrFN6O2S. The second-order valence-electron chi connectivity index (χ2n) is 6.11. The van der Waals surface area contributed by atoms with Crippen molar-refractivity contribution in [2.45, 2.75) is 4.90 Å². The molecule has 2 N–H and O–H groups in total. The molecule has 0 atom stereocenters. The number of hydrogen-bond donors (Lipinski definition) is 2. The van der Waals surface area contributed by atoms with Gasteiger partial charge in [-0.15, -0.1) is 0 Å². The smallest absolute Gasteiger partial charge is 0.266 e. The number of benzene rings is 2. The fraction of sp³-hybridized carbons (Fsp3) is 0.0556. The summed E-state index contributed by atoms with van der Waals surface area (Å²) in [7, 11) is -2.36. The van der Waals surface area contributed by atoms with E-state index in [1.807, 2.05) is 0 Å². The average molecular weight is 477 g/mol. The molecule has 0 unspecified atom stereocenters. The van der Waals surface area contributed by atoms with Crippen molar-refractivity contribution >= 4 is 54.3 Å². The summed E-state index contributed by atoms with van der Waals surface area (Å²) in [5.74, 6) is -0.525. The third kappa shape index (κ3) is 4.05. The molecular weight excluding hydrogens is 463 g/mol. The number of anilines is 3. The molecule has 4 aromatic rings. The Morgan fingerprint density at radius 3 is 2.38 bits per heavy atom. The van der Waals surface area contributed by atoms with Crippen LogP contribution < -0.4 is 10.0 Å². The lowest BCUT2D eigenvalue weighted by molar-refractivity contribution is 0.601. The summed E-state index contributed by atoms with van der Waals surface area (Å²) in [6, 6.07) is 11.4. The van der Waals surface area contributed by atoms with E-state index in [4.69, 9.17) is 0 Å². The van der Waals surface area contributed by atoms with Crippen molar-refractivity contribution < 1.29 is 12.8 Å². The molecule has 8 nitrogen and oxygen atoms in total. The third-order valence-electron chi connectivity index (χ3n) is 3.98. The number of aryl methyl sites for hydroxylation is 1. The fourth-order valence-corrected chi connectivity index (χ4v) is 3.93. The van der Waals surface area contributed by atoms with E-state index in [1.54, 1.807) is 37.4 Å². The monoisotopic (exact) mass is 476 g/mol. The number of rotatable bonds is 5. The molecule has 0 aliphatic heterocycles. The van der Waals surface area contributed by atoms with Gasteiger partial charge in [0.2, 0.25) is 0 Å². The lowest BCUT2D eigenvalue weighted by atomic mass is 10.3. The van der Waals surface area contributed by atoms with E-state index in [-0.39, 0.29) is 22.2 Å². The Hall–Kier alpha value is -3.05. The number of nitrogens with one attached hydrogen (secondary N) is 2. The number of hydrogen-bond acceptors (Lipinski definition) is 6. The summed E-state index contributed by atoms with van der Waals surface area (Å²) in [4.78, 5) is 8.75. The van der Waals surface area contributed by atoms with Crippen molar-refractivity contribution in [1.29, 1.82) is 0 Å². The lowest BCUT2D eigenvalue weighted by Gasteiger charge is -2.14. The normalized spacial score (nSPS) is 11.6. The summed E-state index contributed by atoms with van der Waals surface area (Å²) in [6.07, 6.45) is 2.58. The zero-order chi connectivity index (χ0) is 20.6. The Balaban J connectivity index is 1.80. The Bertz CT molecular complexity index is 1330. The first-order chi connectivity index (χ1) is 13.8. The molecule has 29 heavy (non-hydrogen) atoms. The van der Waals surface area contributed by atoms with Crippen molar-refractivity contribution in [3.8, 4) is 0 Å². The number of halogens is 2. The molecule has 0 radical (unpaired) electrons. The number of fused-ring (bicyclic) bond motifs is 1. The molecule has 0 spiro atoms. The van der Waals surface area contributed by atoms with Crippen LogP contribution in [0.2, 0.25) is 0 Å². The van der Waals surface area contributed by atoms with E-state index < -0.39 is 15.8 Å². The third-order valence-corrected chi connectivity index (χ3v) is 5.76. The van der Waals surface area contributed by atoms with Gasteiger partial charge in [-0.25, -0.2) is 22.8 Å². The number of para-hydroxylation sites is 2. The quantitative estimate of drug-likeness (QED) is 0.454. The van der Waals surface area contributed by atoms with Crippen LogP contribution in [0.1, 0.15) is 0 Å². The van der Waals surface area contributed by atoms with Crippen molar-refractivity contribution in [2.24, 2.45) is 7.05 Å². The van der Waals surface area contributed by atoms with Gasteiger partial charge in [-0.1, -0.05) is 28.1 Å². The Morgan fingerprint density at radius 2 is 1.76 bits per heavy atom. The Kier molecular flexibility index (Phi) is 4.92. The molecule has 0 aliphatic carbocycles. The van der Waals surface area contributed by atoms with E-state index in [0.717, 1.165) is 0 Å². The zero-order valence-corrected chi connectivity index (χ0v) is 17.4. The molecule has 2 aromatic carbocycles. The maximum atomic E-state index is 14.3. The summed E-state index contributed by atoms with van der Waals surface area (Å²) >= 11 is 3.20. The number of aromatic nitrogens is 4. The van der Waals surface area contributed by atoms with Gasteiger partial charge in [-0.2, -0.15) is 5.10 Å². The summed E-state index contributed by atoms with van der Waals surface area (Å²) < 4.78 is 44.1. The van der Waals surface area contributed by atoms with Gasteiger partial charge in [0.05, 0.1) is 22.9 Å². The van der Waals surface area contributed by atoms with E-state index in [1.165, 1.54) is 29.2 Å². The van der Waals surface area contributed by atoms with Crippen molar-refractivity contribution in [1.82, 2.24) is 19.7 Å². The van der Waals surface area contributed by atoms with E-state index in [2.05, 4.69) is 41.0 Å². The zero-order valence-electron chi connectivity index (χ0n) is 15.0. The first-order valence-corrected chi connectivity index (χ1v) is 10.6. The van der Waals surface area contributed by atoms with Crippen LogP contribution in [0, 0.1) is 5.82 Å². The molecule has 2 heterocycles. The second kappa shape index (κ2) is 7.41. The van der Waals surface area contributed by atoms with Crippen LogP contribution in [0.25, 0.3) is 11.0 Å². The molecule has 148 valence electrons. The van der Waals surface area contributed by atoms with E-state index in [0.29, 0.717) is 15.5 Å². The largest absolute Gasteiger partial charge is 0.335 e. The second-order valence-corrected chi connectivity index (χ2v) is 8.71. The van der Waals surface area contributed by atoms with Crippen molar-refractivity contribution in [3.63, 3.8) is 0 Å². The minimum Gasteiger partial charge on any atom is -0.335 e. The van der Waals surface area contributed by atoms with Gasteiger partial charge >= 0.3 is 0 Å². The van der Waals surface area contributed by atoms with E-state index in [9.17, 15) is 12.8 Å². The molecule has 0 fully saturated rings. The van der Waals surface area contributed by atoms with Crippen LogP contribution in [-0.2, 0) is 17.1 Å². The highest BCUT2D eigenvalue weighted by Crippen LogP contribution is 2.29. The van der Waals surface area contributed by atoms with Gasteiger partial charge in [0.1, 0.15) is 10.7 Å². The molecule has 2 aromatic heterocycles. The van der Waals surface area contributed by atoms with Crippen LogP contribution in [0.5, 0.6) is 0 Å². The Labute approximate surface area is 174 Å². The predicted molar refractivity (Wildman–Crippen MR) is 111 cm³/mol. The Morgan fingerprint density at radius 1 is 1.07 bits per heavy atom. The van der Waals surface area contributed by atoms with Crippen LogP contribution >= 0.6 is 15.9 Å². The van der Waals surface area contributed by atoms with Crippen molar-refractivity contribution in [3.05, 3.63) is 65.1 Å². The molecule has 0 bridgehead atoms. The van der Waals surface area contributed by atoms with Crippen LogP contribution in [-0.4, -0.2) is 28.2 Å². The van der Waals surface area contributed by atoms with Crippen molar-refractivity contribution in [2.75, 3.05) is 10.0 Å². The van der Waals surface area contributed by atoms with E-state index >= 15 is 0 Å². The van der Waals surface area contributed by atoms with Gasteiger partial charge < -0.3 is 5.32 Å². The number of sulfonamides is 1. The van der Waals surface area contributed by atoms with Gasteiger partial charge in [0.15, 0.2) is 11.6 Å². The van der Waals surface area contributed by atoms with Crippen LogP contribution in [0.4, 0.5) is 21.7 Å². The standard InChI is InChI=1S/C18H14BrFN6O2S/c1-26-10-12(9-21-26)29(27,28)25-18-17(22-14-7-6-11(19)8-13(14)20)23-15-4-2-3-5-16(15)24-18/h2-10H,1H3,(H,22,23)(H,24,25). The fourth-order valence-electron chi connectivity index (χ4n) is 2.60. The summed E-state index contributed by atoms with van der Waals surface area (Å²) in [5, 5.41) is 6.70. The highest BCUT2D eigenvalue weighted by atomic mass is 79.9. The maximum Gasteiger partial charge on any atom is 0.266 e. The minimum absolute atomic E-state index is 0.0317. The minimum atomic E-state index is -3.97. The van der Waals surface area contributed by atoms with Crippen LogP contribution in [0.3, 0.4) is 0 Å². The van der Waals surface area contributed by atoms with Gasteiger partial charge in [-0.3, -0.25) is 9.40 Å². The average Bonchev–Trinajstić information content (AvgIpc) is 3.11. The van der Waals surface area contributed by atoms with Crippen LogP contribution in [0.15, 0.2) is 64.2 Å². The lowest BCUT2D eigenvalue weighted by Crippen LogP contribution is -2.15. The summed E-state index contributed by atoms with van der Waals surface area (Å²) in [5.41, 5.74) is 1.13. The predicted octanol–water partition coefficient (Wildman–Crippen LogP) is 3.81. The molecule has 4 rings (SSSR count). The first-order valence-electron chi connectivity index (χ1n) is 8.32. The summed E-state index contributed by atoms with van der Waals surface area (Å²) in [6.45, 7) is 0. The highest BCUT2D eigenvalue weighted by molar-refractivity contribution is 9.10. The molecule has 0 saturated heterocycles. The van der Waals surface area contributed by atoms with Gasteiger partial charge in [0, 0.05) is 17.7 Å². The molecule has 0 saturated carbocycles. The highest BCUT2D eigenvalue weighted by Gasteiger charge is 2.21. The van der Waals surface area contributed by atoms with Gasteiger partial charge in [-0.05, 0) is 30.3 Å². The molecule has 0 amide bonds.